The van der Waals surface area contributed by atoms with Gasteiger partial charge in [-0.05, 0) is 37.0 Å². The Balaban J connectivity index is 1.75. The van der Waals surface area contributed by atoms with Crippen LogP contribution in [0.15, 0.2) is 48.8 Å². The second-order valence-electron chi connectivity index (χ2n) is 6.25. The molecular weight excluding hydrogens is 302 g/mol. The summed E-state index contributed by atoms with van der Waals surface area (Å²) in [5.41, 5.74) is 2.03. The third-order valence-electron chi connectivity index (χ3n) is 4.63. The Labute approximate surface area is 141 Å². The summed E-state index contributed by atoms with van der Waals surface area (Å²) in [6, 6.07) is 11.7. The summed E-state index contributed by atoms with van der Waals surface area (Å²) in [6.45, 7) is 1.86. The largest absolute Gasteiger partial charge is 0.338 e. The highest BCUT2D eigenvalue weighted by Gasteiger charge is 2.38. The fraction of sp³-hybridized carbons (Fsp3) is 0.316. The number of aryl methyl sites for hydroxylation is 1. The van der Waals surface area contributed by atoms with E-state index in [1.165, 1.54) is 0 Å². The highest BCUT2D eigenvalue weighted by Crippen LogP contribution is 2.38. The zero-order valence-corrected chi connectivity index (χ0v) is 13.7. The first-order chi connectivity index (χ1) is 11.6. The minimum absolute atomic E-state index is 0.445. The summed E-state index contributed by atoms with van der Waals surface area (Å²) in [5.74, 6) is -1.27. The molecule has 2 N–H and O–H groups in total. The lowest BCUT2D eigenvalue weighted by atomic mass is 9.88. The van der Waals surface area contributed by atoms with Crippen LogP contribution in [-0.4, -0.2) is 16.8 Å². The van der Waals surface area contributed by atoms with Crippen LogP contribution in [0.25, 0.3) is 0 Å². The van der Waals surface area contributed by atoms with Crippen LogP contribution in [0.4, 0.5) is 5.69 Å². The van der Waals surface area contributed by atoms with E-state index in [9.17, 15) is 9.59 Å². The van der Waals surface area contributed by atoms with E-state index < -0.39 is 17.4 Å². The fourth-order valence-electron chi connectivity index (χ4n) is 3.27. The summed E-state index contributed by atoms with van der Waals surface area (Å²) in [6.07, 6.45) is 6.97. The highest BCUT2D eigenvalue weighted by atomic mass is 16.2. The molecule has 1 aliphatic carbocycles. The van der Waals surface area contributed by atoms with E-state index in [4.69, 9.17) is 0 Å². The number of nitrogens with zero attached hydrogens (tertiary/aromatic N) is 1. The zero-order valence-electron chi connectivity index (χ0n) is 13.7. The number of benzene rings is 1. The summed E-state index contributed by atoms with van der Waals surface area (Å²) in [7, 11) is 0. The molecule has 5 nitrogen and oxygen atoms in total. The molecule has 1 aromatic heterocycles. The van der Waals surface area contributed by atoms with E-state index in [0.29, 0.717) is 5.69 Å². The number of anilines is 1. The van der Waals surface area contributed by atoms with Crippen LogP contribution in [0.3, 0.4) is 0 Å². The van der Waals surface area contributed by atoms with Crippen molar-refractivity contribution in [3.63, 3.8) is 0 Å². The minimum Gasteiger partial charge on any atom is -0.338 e. The summed E-state index contributed by atoms with van der Waals surface area (Å²) < 4.78 is 0. The van der Waals surface area contributed by atoms with Crippen molar-refractivity contribution in [3.05, 3.63) is 59.9 Å². The van der Waals surface area contributed by atoms with Crippen LogP contribution in [-0.2, 0) is 15.1 Å². The quantitative estimate of drug-likeness (QED) is 0.853. The number of pyridine rings is 1. The van der Waals surface area contributed by atoms with Gasteiger partial charge < -0.3 is 10.6 Å². The predicted molar refractivity (Wildman–Crippen MR) is 92.3 cm³/mol. The monoisotopic (exact) mass is 323 g/mol. The number of carbonyl (C=O) groups is 2. The SMILES string of the molecule is Cc1ccncc1NC(=O)C(=O)NC1(c2ccccc2)CCCC1. The van der Waals surface area contributed by atoms with Crippen LogP contribution >= 0.6 is 0 Å². The van der Waals surface area contributed by atoms with Crippen LogP contribution in [0, 0.1) is 6.92 Å². The van der Waals surface area contributed by atoms with E-state index in [0.717, 1.165) is 36.8 Å². The van der Waals surface area contributed by atoms with Gasteiger partial charge in [0.05, 0.1) is 17.4 Å². The van der Waals surface area contributed by atoms with Crippen LogP contribution < -0.4 is 10.6 Å². The third-order valence-corrected chi connectivity index (χ3v) is 4.63. The Morgan fingerprint density at radius 3 is 2.42 bits per heavy atom. The molecule has 124 valence electrons. The fourth-order valence-corrected chi connectivity index (χ4v) is 3.27. The number of aromatic nitrogens is 1. The first-order valence-corrected chi connectivity index (χ1v) is 8.20. The van der Waals surface area contributed by atoms with Crippen molar-refractivity contribution in [3.8, 4) is 0 Å². The lowest BCUT2D eigenvalue weighted by Crippen LogP contribution is -2.48. The minimum atomic E-state index is -0.659. The Hall–Kier alpha value is -2.69. The Kier molecular flexibility index (Phi) is 4.60. The van der Waals surface area contributed by atoms with Crippen molar-refractivity contribution in [2.75, 3.05) is 5.32 Å². The first-order valence-electron chi connectivity index (χ1n) is 8.20. The van der Waals surface area contributed by atoms with Gasteiger partial charge in [0.2, 0.25) is 0 Å². The van der Waals surface area contributed by atoms with E-state index >= 15 is 0 Å². The van der Waals surface area contributed by atoms with Crippen molar-refractivity contribution in [1.29, 1.82) is 0 Å². The molecule has 2 aromatic rings. The molecule has 0 saturated heterocycles. The van der Waals surface area contributed by atoms with Gasteiger partial charge in [0.25, 0.3) is 0 Å². The number of amides is 2. The maximum absolute atomic E-state index is 12.4. The zero-order chi connectivity index (χ0) is 17.0. The predicted octanol–water partition coefficient (Wildman–Crippen LogP) is 2.91. The molecule has 0 aliphatic heterocycles. The molecule has 0 atom stereocenters. The molecule has 24 heavy (non-hydrogen) atoms. The molecule has 3 rings (SSSR count). The highest BCUT2D eigenvalue weighted by molar-refractivity contribution is 6.39. The molecule has 0 bridgehead atoms. The molecule has 1 fully saturated rings. The second-order valence-corrected chi connectivity index (χ2v) is 6.25. The molecule has 1 aliphatic rings. The van der Waals surface area contributed by atoms with Gasteiger partial charge in [-0.15, -0.1) is 0 Å². The average Bonchev–Trinajstić information content (AvgIpc) is 3.07. The second kappa shape index (κ2) is 6.83. The molecule has 0 spiro atoms. The molecule has 0 radical (unpaired) electrons. The molecule has 5 heteroatoms. The number of hydrogen-bond donors (Lipinski definition) is 2. The van der Waals surface area contributed by atoms with Crippen LogP contribution in [0.5, 0.6) is 0 Å². The van der Waals surface area contributed by atoms with Gasteiger partial charge in [-0.25, -0.2) is 0 Å². The van der Waals surface area contributed by atoms with Gasteiger partial charge in [-0.1, -0.05) is 43.2 Å². The summed E-state index contributed by atoms with van der Waals surface area (Å²) in [4.78, 5) is 28.7. The average molecular weight is 323 g/mol. The first kappa shape index (κ1) is 16.2. The molecule has 1 heterocycles. The number of hydrogen-bond acceptors (Lipinski definition) is 3. The van der Waals surface area contributed by atoms with Crippen LogP contribution in [0.2, 0.25) is 0 Å². The van der Waals surface area contributed by atoms with Crippen molar-refractivity contribution < 1.29 is 9.59 Å². The molecule has 1 aromatic carbocycles. The molecule has 1 saturated carbocycles. The van der Waals surface area contributed by atoms with E-state index in [2.05, 4.69) is 15.6 Å². The maximum Gasteiger partial charge on any atom is 0.313 e. The molecule has 2 amide bonds. The maximum atomic E-state index is 12.4. The number of rotatable bonds is 3. The normalized spacial score (nSPS) is 15.7. The standard InChI is InChI=1S/C19H21N3O2/c1-14-9-12-20-13-16(14)21-17(23)18(24)22-19(10-5-6-11-19)15-7-3-2-4-8-15/h2-4,7-9,12-13H,5-6,10-11H2,1H3,(H,21,23)(H,22,24). The van der Waals surface area contributed by atoms with E-state index in [-0.39, 0.29) is 0 Å². The van der Waals surface area contributed by atoms with E-state index in [1.807, 2.05) is 37.3 Å². The van der Waals surface area contributed by atoms with Gasteiger partial charge in [0, 0.05) is 6.20 Å². The van der Waals surface area contributed by atoms with Crippen molar-refractivity contribution in [2.45, 2.75) is 38.1 Å². The Morgan fingerprint density at radius 1 is 1.04 bits per heavy atom. The molecule has 0 unspecified atom stereocenters. The number of carbonyl (C=O) groups excluding carboxylic acids is 2. The van der Waals surface area contributed by atoms with Crippen molar-refractivity contribution in [1.82, 2.24) is 10.3 Å². The lowest BCUT2D eigenvalue weighted by molar-refractivity contribution is -0.137. The lowest BCUT2D eigenvalue weighted by Gasteiger charge is -2.30. The van der Waals surface area contributed by atoms with Crippen molar-refractivity contribution in [2.24, 2.45) is 0 Å². The van der Waals surface area contributed by atoms with Crippen molar-refractivity contribution >= 4 is 17.5 Å². The topological polar surface area (TPSA) is 71.1 Å². The molecular formula is C19H21N3O2. The van der Waals surface area contributed by atoms with Gasteiger partial charge in [0.1, 0.15) is 0 Å². The third kappa shape index (κ3) is 3.30. The van der Waals surface area contributed by atoms with Gasteiger partial charge in [-0.2, -0.15) is 0 Å². The van der Waals surface area contributed by atoms with Crippen LogP contribution in [0.1, 0.15) is 36.8 Å². The summed E-state index contributed by atoms with van der Waals surface area (Å²) in [5, 5.41) is 5.62. The number of nitrogens with one attached hydrogen (secondary N) is 2. The van der Waals surface area contributed by atoms with E-state index in [1.54, 1.807) is 18.5 Å². The Bertz CT molecular complexity index is 737. The Morgan fingerprint density at radius 2 is 1.75 bits per heavy atom. The van der Waals surface area contributed by atoms with Gasteiger partial charge in [0.15, 0.2) is 0 Å². The summed E-state index contributed by atoms with van der Waals surface area (Å²) >= 11 is 0. The smallest absolute Gasteiger partial charge is 0.313 e. The van der Waals surface area contributed by atoms with Gasteiger partial charge >= 0.3 is 11.8 Å². The van der Waals surface area contributed by atoms with Gasteiger partial charge in [-0.3, -0.25) is 14.6 Å².